The summed E-state index contributed by atoms with van der Waals surface area (Å²) in [5.41, 5.74) is 1.36. The summed E-state index contributed by atoms with van der Waals surface area (Å²) in [7, 11) is 1.28. The second-order valence-electron chi connectivity index (χ2n) is 4.21. The number of hydrogen-bond donors (Lipinski definition) is 1. The zero-order valence-electron chi connectivity index (χ0n) is 11.8. The van der Waals surface area contributed by atoms with Crippen LogP contribution in [-0.4, -0.2) is 30.8 Å². The number of aliphatic hydroxyl groups is 1. The van der Waals surface area contributed by atoms with Crippen LogP contribution < -0.4 is 0 Å². The lowest BCUT2D eigenvalue weighted by molar-refractivity contribution is -0.139. The molecule has 108 valence electrons. The summed E-state index contributed by atoms with van der Waals surface area (Å²) in [6.07, 6.45) is -1.22. The third-order valence-electron chi connectivity index (χ3n) is 2.85. The molecule has 0 heterocycles. The van der Waals surface area contributed by atoms with Crippen molar-refractivity contribution >= 4 is 11.9 Å². The Labute approximate surface area is 117 Å². The fraction of sp³-hybridized carbons (Fsp3) is 0.333. The van der Waals surface area contributed by atoms with Crippen molar-refractivity contribution in [2.24, 2.45) is 0 Å². The Hall–Kier alpha value is -2.14. The number of carbonyl (C=O) groups is 2. The van der Waals surface area contributed by atoms with Crippen LogP contribution in [0.2, 0.25) is 0 Å². The van der Waals surface area contributed by atoms with E-state index >= 15 is 0 Å². The maximum atomic E-state index is 11.6. The molecule has 5 heteroatoms. The summed E-state index contributed by atoms with van der Waals surface area (Å²) in [6.45, 7) is 7.14. The molecule has 0 aliphatic rings. The van der Waals surface area contributed by atoms with Crippen LogP contribution in [0.5, 0.6) is 0 Å². The Bertz CT molecular complexity index is 533. The molecule has 20 heavy (non-hydrogen) atoms. The van der Waals surface area contributed by atoms with Crippen LogP contribution in [-0.2, 0) is 14.3 Å². The van der Waals surface area contributed by atoms with Gasteiger partial charge in [-0.2, -0.15) is 0 Å². The zero-order valence-corrected chi connectivity index (χ0v) is 11.8. The minimum absolute atomic E-state index is 0.0773. The molecule has 0 aliphatic carbocycles. The second-order valence-corrected chi connectivity index (χ2v) is 4.21. The molecule has 0 saturated carbocycles. The molecule has 0 amide bonds. The molecule has 0 aliphatic heterocycles. The summed E-state index contributed by atoms with van der Waals surface area (Å²) >= 11 is 0. The van der Waals surface area contributed by atoms with Crippen LogP contribution >= 0.6 is 0 Å². The molecule has 0 radical (unpaired) electrons. The van der Waals surface area contributed by atoms with Gasteiger partial charge in [-0.05, 0) is 31.0 Å². The molecular formula is C15H18O5. The molecular weight excluding hydrogens is 260 g/mol. The van der Waals surface area contributed by atoms with Crippen molar-refractivity contribution in [3.8, 4) is 0 Å². The third-order valence-corrected chi connectivity index (χ3v) is 2.85. The van der Waals surface area contributed by atoms with Crippen LogP contribution in [0.15, 0.2) is 30.4 Å². The molecule has 1 rings (SSSR count). The molecule has 0 aromatic heterocycles. The minimum Gasteiger partial charge on any atom is -0.465 e. The lowest BCUT2D eigenvalue weighted by atomic mass is 9.98. The maximum absolute atomic E-state index is 11.6. The van der Waals surface area contributed by atoms with E-state index in [9.17, 15) is 14.7 Å². The van der Waals surface area contributed by atoms with Crippen molar-refractivity contribution in [1.29, 1.82) is 0 Å². The van der Waals surface area contributed by atoms with E-state index in [4.69, 9.17) is 4.74 Å². The quantitative estimate of drug-likeness (QED) is 0.658. The average molecular weight is 278 g/mol. The van der Waals surface area contributed by atoms with Gasteiger partial charge in [-0.25, -0.2) is 9.59 Å². The predicted octanol–water partition coefficient (Wildman–Crippen LogP) is 1.93. The molecule has 0 bridgehead atoms. The number of ether oxygens (including phenoxy) is 2. The first-order valence-corrected chi connectivity index (χ1v) is 6.15. The highest BCUT2D eigenvalue weighted by atomic mass is 16.5. The summed E-state index contributed by atoms with van der Waals surface area (Å²) in [4.78, 5) is 23.1. The van der Waals surface area contributed by atoms with Crippen LogP contribution in [0.1, 0.15) is 34.5 Å². The van der Waals surface area contributed by atoms with Crippen molar-refractivity contribution in [3.05, 3.63) is 47.0 Å². The van der Waals surface area contributed by atoms with Gasteiger partial charge in [-0.3, -0.25) is 0 Å². The monoisotopic (exact) mass is 278 g/mol. The Morgan fingerprint density at radius 3 is 2.60 bits per heavy atom. The van der Waals surface area contributed by atoms with Crippen molar-refractivity contribution in [1.82, 2.24) is 0 Å². The average Bonchev–Trinajstić information content (AvgIpc) is 2.45. The second kappa shape index (κ2) is 6.86. The van der Waals surface area contributed by atoms with Crippen LogP contribution in [0.3, 0.4) is 0 Å². The van der Waals surface area contributed by atoms with Gasteiger partial charge in [-0.15, -0.1) is 0 Å². The van der Waals surface area contributed by atoms with Gasteiger partial charge < -0.3 is 14.6 Å². The van der Waals surface area contributed by atoms with Gasteiger partial charge in [0, 0.05) is 0 Å². The van der Waals surface area contributed by atoms with Crippen molar-refractivity contribution in [2.75, 3.05) is 13.7 Å². The Kier molecular flexibility index (Phi) is 5.46. The van der Waals surface area contributed by atoms with Gasteiger partial charge in [0.2, 0.25) is 0 Å². The molecule has 0 saturated heterocycles. The first kappa shape index (κ1) is 15.9. The van der Waals surface area contributed by atoms with Gasteiger partial charge in [0.25, 0.3) is 0 Å². The SMILES string of the molecule is C=C(C(=O)OCC)C(O)c1ccc(C)c(C(=O)OC)c1. The van der Waals surface area contributed by atoms with Crippen LogP contribution in [0.25, 0.3) is 0 Å². The van der Waals surface area contributed by atoms with Crippen molar-refractivity contribution in [3.63, 3.8) is 0 Å². The van der Waals surface area contributed by atoms with Gasteiger partial charge in [0.1, 0.15) is 6.10 Å². The highest BCUT2D eigenvalue weighted by Crippen LogP contribution is 2.24. The van der Waals surface area contributed by atoms with E-state index in [-0.39, 0.29) is 12.2 Å². The van der Waals surface area contributed by atoms with E-state index in [1.165, 1.54) is 13.2 Å². The normalized spacial score (nSPS) is 11.6. The number of carbonyl (C=O) groups excluding carboxylic acids is 2. The van der Waals surface area contributed by atoms with Gasteiger partial charge in [-0.1, -0.05) is 18.7 Å². The van der Waals surface area contributed by atoms with E-state index < -0.39 is 18.0 Å². The standard InChI is InChI=1S/C15H18O5/c1-5-20-14(17)10(3)13(16)11-7-6-9(2)12(8-11)15(18)19-4/h6-8,13,16H,3,5H2,1-2,4H3. The summed E-state index contributed by atoms with van der Waals surface area (Å²) in [6, 6.07) is 4.77. The van der Waals surface area contributed by atoms with E-state index in [1.54, 1.807) is 26.0 Å². The topological polar surface area (TPSA) is 72.8 Å². The van der Waals surface area contributed by atoms with E-state index in [0.29, 0.717) is 11.1 Å². The molecule has 1 unspecified atom stereocenters. The zero-order chi connectivity index (χ0) is 15.3. The summed E-state index contributed by atoms with van der Waals surface area (Å²) in [5.74, 6) is -1.17. The number of hydrogen-bond acceptors (Lipinski definition) is 5. The number of benzene rings is 1. The number of rotatable bonds is 5. The lowest BCUT2D eigenvalue weighted by Gasteiger charge is -2.14. The van der Waals surface area contributed by atoms with E-state index in [2.05, 4.69) is 11.3 Å². The highest BCUT2D eigenvalue weighted by Gasteiger charge is 2.21. The first-order valence-electron chi connectivity index (χ1n) is 6.15. The maximum Gasteiger partial charge on any atom is 0.338 e. The van der Waals surface area contributed by atoms with E-state index in [0.717, 1.165) is 5.56 Å². The predicted molar refractivity (Wildman–Crippen MR) is 73.3 cm³/mol. The van der Waals surface area contributed by atoms with Crippen LogP contribution in [0.4, 0.5) is 0 Å². The largest absolute Gasteiger partial charge is 0.465 e. The lowest BCUT2D eigenvalue weighted by Crippen LogP contribution is -2.14. The fourth-order valence-corrected chi connectivity index (χ4v) is 1.68. The van der Waals surface area contributed by atoms with E-state index in [1.807, 2.05) is 0 Å². The smallest absolute Gasteiger partial charge is 0.338 e. The number of methoxy groups -OCH3 is 1. The van der Waals surface area contributed by atoms with Crippen molar-refractivity contribution in [2.45, 2.75) is 20.0 Å². The number of aliphatic hydroxyl groups excluding tert-OH is 1. The van der Waals surface area contributed by atoms with Gasteiger partial charge >= 0.3 is 11.9 Å². The highest BCUT2D eigenvalue weighted by molar-refractivity contribution is 5.92. The summed E-state index contributed by atoms with van der Waals surface area (Å²) < 4.78 is 9.44. The minimum atomic E-state index is -1.22. The first-order chi connectivity index (χ1) is 9.42. The molecule has 1 N–H and O–H groups in total. The molecule has 1 aromatic rings. The van der Waals surface area contributed by atoms with Crippen LogP contribution in [0, 0.1) is 6.92 Å². The molecule has 0 spiro atoms. The number of aryl methyl sites for hydroxylation is 1. The molecule has 1 atom stereocenters. The third kappa shape index (κ3) is 3.45. The van der Waals surface area contributed by atoms with Crippen molar-refractivity contribution < 1.29 is 24.2 Å². The number of esters is 2. The van der Waals surface area contributed by atoms with Gasteiger partial charge in [0.15, 0.2) is 0 Å². The molecule has 1 aromatic carbocycles. The molecule has 0 fully saturated rings. The Balaban J connectivity index is 3.05. The molecule has 5 nitrogen and oxygen atoms in total. The fourth-order valence-electron chi connectivity index (χ4n) is 1.68. The Morgan fingerprint density at radius 1 is 1.40 bits per heavy atom. The van der Waals surface area contributed by atoms with Gasteiger partial charge in [0.05, 0.1) is 24.9 Å². The Morgan fingerprint density at radius 2 is 2.05 bits per heavy atom. The summed E-state index contributed by atoms with van der Waals surface area (Å²) in [5, 5.41) is 10.1.